The first-order valence-corrected chi connectivity index (χ1v) is 9.85. The van der Waals surface area contributed by atoms with Crippen LogP contribution >= 0.6 is 0 Å². The Morgan fingerprint density at radius 2 is 1.82 bits per heavy atom. The Kier molecular flexibility index (Phi) is 5.88. The number of nitrogens with one attached hydrogen (secondary N) is 1. The highest BCUT2D eigenvalue weighted by Gasteiger charge is 2.21. The molecule has 0 aliphatic carbocycles. The average molecular weight is 400 g/mol. The first-order valence-electron chi connectivity index (χ1n) is 8.41. The largest absolute Gasteiger partial charge is 0.322 e. The summed E-state index contributed by atoms with van der Waals surface area (Å²) in [5, 5.41) is 6.95. The third-order valence-electron chi connectivity index (χ3n) is 4.13. The van der Waals surface area contributed by atoms with Gasteiger partial charge in [-0.15, -0.1) is 0 Å². The highest BCUT2D eigenvalue weighted by molar-refractivity contribution is 7.89. The first kappa shape index (κ1) is 19.7. The molecule has 0 fully saturated rings. The predicted octanol–water partition coefficient (Wildman–Crippen LogP) is 2.37. The number of hydroxylamine groups is 1. The van der Waals surface area contributed by atoms with Gasteiger partial charge < -0.3 is 5.32 Å². The Bertz CT molecular complexity index is 1030. The lowest BCUT2D eigenvalue weighted by Gasteiger charge is -2.14. The van der Waals surface area contributed by atoms with E-state index in [-0.39, 0.29) is 10.8 Å². The van der Waals surface area contributed by atoms with E-state index in [0.29, 0.717) is 17.8 Å². The number of carbonyl (C=O) groups excluding carboxylic acids is 1. The highest BCUT2D eigenvalue weighted by Crippen LogP contribution is 2.17. The Labute approximate surface area is 163 Å². The molecule has 0 saturated carbocycles. The van der Waals surface area contributed by atoms with Crippen molar-refractivity contribution in [3.8, 4) is 0 Å². The number of carbonyl (C=O) groups is 1. The van der Waals surface area contributed by atoms with Gasteiger partial charge in [0, 0.05) is 30.7 Å². The van der Waals surface area contributed by atoms with Crippen LogP contribution in [-0.2, 0) is 21.4 Å². The zero-order valence-corrected chi connectivity index (χ0v) is 16.3. The van der Waals surface area contributed by atoms with Crippen LogP contribution in [0.25, 0.3) is 0 Å². The summed E-state index contributed by atoms with van der Waals surface area (Å²) >= 11 is 0. The van der Waals surface area contributed by atoms with Crippen molar-refractivity contribution in [3.05, 3.63) is 78.1 Å². The van der Waals surface area contributed by atoms with E-state index >= 15 is 0 Å². The number of hydrogen-bond donors (Lipinski definition) is 1. The van der Waals surface area contributed by atoms with Crippen molar-refractivity contribution in [2.45, 2.75) is 11.4 Å². The van der Waals surface area contributed by atoms with Gasteiger partial charge in [-0.25, -0.2) is 8.42 Å². The topological polar surface area (TPSA) is 93.5 Å². The summed E-state index contributed by atoms with van der Waals surface area (Å²) in [5.74, 6) is -0.330. The van der Waals surface area contributed by atoms with Crippen molar-refractivity contribution < 1.29 is 18.0 Å². The molecular weight excluding hydrogens is 380 g/mol. The Morgan fingerprint density at radius 1 is 1.14 bits per heavy atom. The number of nitrogens with zero attached hydrogens (tertiary/aromatic N) is 3. The second-order valence-corrected chi connectivity index (χ2v) is 7.91. The number of hydrogen-bond acceptors (Lipinski definition) is 5. The molecule has 0 saturated heterocycles. The van der Waals surface area contributed by atoms with Gasteiger partial charge in [0.25, 0.3) is 15.9 Å². The lowest BCUT2D eigenvalue weighted by atomic mass is 10.2. The number of amides is 1. The fraction of sp³-hybridized carbons (Fsp3) is 0.158. The molecular formula is C19H20N4O4S. The SMILES string of the molecule is CON(C)S(=O)(=O)c1ccc(C(=O)Nc2ccc(Cn3cccn3)cc2)cc1. The van der Waals surface area contributed by atoms with Crippen LogP contribution in [-0.4, -0.2) is 42.7 Å². The van der Waals surface area contributed by atoms with Crippen molar-refractivity contribution >= 4 is 21.6 Å². The number of rotatable bonds is 7. The minimum absolute atomic E-state index is 0.0383. The molecule has 8 nitrogen and oxygen atoms in total. The molecule has 0 aliphatic rings. The van der Waals surface area contributed by atoms with Gasteiger partial charge in [-0.2, -0.15) is 5.10 Å². The third-order valence-corrected chi connectivity index (χ3v) is 5.82. The number of sulfonamides is 1. The van der Waals surface area contributed by atoms with Crippen LogP contribution in [0.3, 0.4) is 0 Å². The molecule has 28 heavy (non-hydrogen) atoms. The van der Waals surface area contributed by atoms with Gasteiger partial charge in [-0.1, -0.05) is 16.6 Å². The predicted molar refractivity (Wildman–Crippen MR) is 104 cm³/mol. The van der Waals surface area contributed by atoms with E-state index in [0.717, 1.165) is 10.0 Å². The van der Waals surface area contributed by atoms with Crippen molar-refractivity contribution in [1.82, 2.24) is 14.2 Å². The van der Waals surface area contributed by atoms with Crippen LogP contribution in [0, 0.1) is 0 Å². The van der Waals surface area contributed by atoms with Gasteiger partial charge in [0.15, 0.2) is 0 Å². The van der Waals surface area contributed by atoms with Crippen LogP contribution in [0.2, 0.25) is 0 Å². The van der Waals surface area contributed by atoms with E-state index in [9.17, 15) is 13.2 Å². The van der Waals surface area contributed by atoms with Gasteiger partial charge in [-0.3, -0.25) is 14.3 Å². The van der Waals surface area contributed by atoms with Gasteiger partial charge in [0.1, 0.15) is 0 Å². The maximum Gasteiger partial charge on any atom is 0.264 e. The fourth-order valence-electron chi connectivity index (χ4n) is 2.50. The molecule has 0 aliphatic heterocycles. The third kappa shape index (κ3) is 4.45. The molecule has 0 radical (unpaired) electrons. The molecule has 2 aromatic carbocycles. The molecule has 9 heteroatoms. The van der Waals surface area contributed by atoms with Gasteiger partial charge in [0.05, 0.1) is 18.6 Å². The van der Waals surface area contributed by atoms with E-state index < -0.39 is 10.0 Å². The smallest absolute Gasteiger partial charge is 0.264 e. The minimum atomic E-state index is -3.74. The second-order valence-electron chi connectivity index (χ2n) is 5.98. The molecule has 0 atom stereocenters. The molecule has 1 N–H and O–H groups in total. The maximum absolute atomic E-state index is 12.4. The molecule has 1 aromatic heterocycles. The lowest BCUT2D eigenvalue weighted by Crippen LogP contribution is -2.25. The van der Waals surface area contributed by atoms with E-state index in [1.54, 1.807) is 6.20 Å². The molecule has 1 heterocycles. The van der Waals surface area contributed by atoms with Gasteiger partial charge in [0.2, 0.25) is 0 Å². The fourth-order valence-corrected chi connectivity index (χ4v) is 3.48. The van der Waals surface area contributed by atoms with Crippen molar-refractivity contribution in [2.75, 3.05) is 19.5 Å². The standard InChI is InChI=1S/C19H20N4O4S/c1-22(27-2)28(25,26)18-10-6-16(7-11-18)19(24)21-17-8-4-15(5-9-17)14-23-13-3-12-20-23/h3-13H,14H2,1-2H3,(H,21,24). The van der Waals surface area contributed by atoms with Crippen LogP contribution in [0.15, 0.2) is 71.9 Å². The summed E-state index contributed by atoms with van der Waals surface area (Å²) in [4.78, 5) is 17.2. The quantitative estimate of drug-likeness (QED) is 0.615. The summed E-state index contributed by atoms with van der Waals surface area (Å²) in [6, 6.07) is 14.9. The summed E-state index contributed by atoms with van der Waals surface area (Å²) in [6.45, 7) is 0.646. The van der Waals surface area contributed by atoms with E-state index in [4.69, 9.17) is 4.84 Å². The summed E-state index contributed by atoms with van der Waals surface area (Å²) in [5.41, 5.74) is 2.04. The number of anilines is 1. The molecule has 1 amide bonds. The Morgan fingerprint density at radius 3 is 2.39 bits per heavy atom. The highest BCUT2D eigenvalue weighted by atomic mass is 32.2. The molecule has 0 spiro atoms. The van der Waals surface area contributed by atoms with Gasteiger partial charge in [-0.05, 0) is 48.0 Å². The molecule has 0 bridgehead atoms. The van der Waals surface area contributed by atoms with Crippen LogP contribution in [0.5, 0.6) is 0 Å². The molecule has 146 valence electrons. The zero-order valence-electron chi connectivity index (χ0n) is 15.4. The van der Waals surface area contributed by atoms with E-state index in [1.807, 2.05) is 41.2 Å². The zero-order chi connectivity index (χ0) is 20.1. The second kappa shape index (κ2) is 8.34. The Hall–Kier alpha value is -3.01. The number of benzene rings is 2. The van der Waals surface area contributed by atoms with E-state index in [2.05, 4.69) is 10.4 Å². The van der Waals surface area contributed by atoms with Crippen LogP contribution in [0.1, 0.15) is 15.9 Å². The van der Waals surface area contributed by atoms with Crippen molar-refractivity contribution in [2.24, 2.45) is 0 Å². The summed E-state index contributed by atoms with van der Waals surface area (Å²) in [7, 11) is -1.18. The summed E-state index contributed by atoms with van der Waals surface area (Å²) < 4.78 is 26.9. The monoisotopic (exact) mass is 400 g/mol. The minimum Gasteiger partial charge on any atom is -0.322 e. The van der Waals surface area contributed by atoms with Crippen molar-refractivity contribution in [3.63, 3.8) is 0 Å². The number of aromatic nitrogens is 2. The molecule has 3 aromatic rings. The molecule has 3 rings (SSSR count). The molecule has 0 unspecified atom stereocenters. The van der Waals surface area contributed by atoms with Crippen LogP contribution < -0.4 is 5.32 Å². The van der Waals surface area contributed by atoms with Crippen molar-refractivity contribution in [1.29, 1.82) is 0 Å². The first-order chi connectivity index (χ1) is 13.4. The Balaban J connectivity index is 1.66. The normalized spacial score (nSPS) is 11.5. The van der Waals surface area contributed by atoms with Gasteiger partial charge >= 0.3 is 0 Å². The average Bonchev–Trinajstić information content (AvgIpc) is 3.22. The summed E-state index contributed by atoms with van der Waals surface area (Å²) in [6.07, 6.45) is 3.60. The maximum atomic E-state index is 12.4. The van der Waals surface area contributed by atoms with Crippen LogP contribution in [0.4, 0.5) is 5.69 Å². The lowest BCUT2D eigenvalue weighted by molar-refractivity contribution is -0.0258. The van der Waals surface area contributed by atoms with E-state index in [1.165, 1.54) is 38.4 Å².